The molecule has 0 saturated carbocycles. The number of nitro groups is 1. The molecule has 2 aromatic rings. The van der Waals surface area contributed by atoms with Gasteiger partial charge < -0.3 is 15.0 Å². The van der Waals surface area contributed by atoms with Gasteiger partial charge in [-0.15, -0.1) is 0 Å². The van der Waals surface area contributed by atoms with E-state index in [1.54, 1.807) is 4.90 Å². The van der Waals surface area contributed by atoms with E-state index in [0.29, 0.717) is 39.1 Å². The Morgan fingerprint density at radius 2 is 1.97 bits per heavy atom. The number of carbonyl (C=O) groups is 2. The Kier molecular flexibility index (Phi) is 6.91. The average molecular weight is 397 g/mol. The van der Waals surface area contributed by atoms with Gasteiger partial charge in [-0.05, 0) is 18.1 Å². The number of nitro benzene ring substituents is 1. The van der Waals surface area contributed by atoms with Gasteiger partial charge in [-0.25, -0.2) is 0 Å². The van der Waals surface area contributed by atoms with Crippen molar-refractivity contribution in [1.82, 2.24) is 10.2 Å². The molecule has 1 N–H and O–H groups in total. The Morgan fingerprint density at radius 1 is 1.17 bits per heavy atom. The fourth-order valence-electron chi connectivity index (χ4n) is 3.21. The number of carbonyl (C=O) groups excluding carboxylic acids is 2. The van der Waals surface area contributed by atoms with Crippen LogP contribution in [0.25, 0.3) is 0 Å². The quantitative estimate of drug-likeness (QED) is 0.440. The van der Waals surface area contributed by atoms with Crippen molar-refractivity contribution in [3.8, 4) is 0 Å². The fraction of sp³-hybridized carbons (Fsp3) is 0.333. The highest BCUT2D eigenvalue weighted by molar-refractivity contribution is 5.94. The van der Waals surface area contributed by atoms with Gasteiger partial charge >= 0.3 is 0 Å². The van der Waals surface area contributed by atoms with E-state index in [1.165, 1.54) is 24.3 Å². The predicted octanol–water partition coefficient (Wildman–Crippen LogP) is 2.70. The van der Waals surface area contributed by atoms with Gasteiger partial charge in [0.2, 0.25) is 5.91 Å². The molecule has 2 amide bonds. The second-order valence-corrected chi connectivity index (χ2v) is 6.78. The number of benzene rings is 2. The summed E-state index contributed by atoms with van der Waals surface area (Å²) >= 11 is 0. The second kappa shape index (κ2) is 9.79. The highest BCUT2D eigenvalue weighted by atomic mass is 16.6. The Hall–Kier alpha value is -3.26. The molecule has 0 bridgehead atoms. The van der Waals surface area contributed by atoms with Crippen LogP contribution in [0.5, 0.6) is 0 Å². The lowest BCUT2D eigenvalue weighted by atomic mass is 10.1. The SMILES string of the molecule is O=C(NCCCC(=O)N1CCOC(c2ccccc2)C1)c1cccc([N+](=O)[O-])c1. The molecule has 0 radical (unpaired) electrons. The predicted molar refractivity (Wildman–Crippen MR) is 106 cm³/mol. The van der Waals surface area contributed by atoms with Gasteiger partial charge in [0.15, 0.2) is 0 Å². The maximum Gasteiger partial charge on any atom is 0.270 e. The minimum atomic E-state index is -0.541. The molecule has 29 heavy (non-hydrogen) atoms. The van der Waals surface area contributed by atoms with Crippen molar-refractivity contribution in [2.24, 2.45) is 0 Å². The number of hydrogen-bond acceptors (Lipinski definition) is 5. The summed E-state index contributed by atoms with van der Waals surface area (Å²) in [5.74, 6) is -0.365. The summed E-state index contributed by atoms with van der Waals surface area (Å²) in [4.78, 5) is 36.7. The largest absolute Gasteiger partial charge is 0.370 e. The number of nitrogens with zero attached hydrogens (tertiary/aromatic N) is 2. The molecular formula is C21H23N3O5. The molecule has 1 heterocycles. The van der Waals surface area contributed by atoms with E-state index < -0.39 is 10.8 Å². The molecule has 0 aromatic heterocycles. The van der Waals surface area contributed by atoms with Crippen LogP contribution < -0.4 is 5.32 Å². The Labute approximate surface area is 168 Å². The molecule has 1 fully saturated rings. The number of amides is 2. The summed E-state index contributed by atoms with van der Waals surface area (Å²) in [7, 11) is 0. The van der Waals surface area contributed by atoms with E-state index in [4.69, 9.17) is 4.74 Å². The van der Waals surface area contributed by atoms with Crippen molar-refractivity contribution in [3.05, 3.63) is 75.8 Å². The van der Waals surface area contributed by atoms with Gasteiger partial charge in [-0.2, -0.15) is 0 Å². The first kappa shape index (κ1) is 20.5. The van der Waals surface area contributed by atoms with Crippen molar-refractivity contribution >= 4 is 17.5 Å². The minimum Gasteiger partial charge on any atom is -0.370 e. The monoisotopic (exact) mass is 397 g/mol. The molecule has 8 heteroatoms. The highest BCUT2D eigenvalue weighted by Crippen LogP contribution is 2.22. The molecule has 3 rings (SSSR count). The van der Waals surface area contributed by atoms with Crippen LogP contribution in [0, 0.1) is 10.1 Å². The fourth-order valence-corrected chi connectivity index (χ4v) is 3.21. The van der Waals surface area contributed by atoms with Crippen molar-refractivity contribution in [2.75, 3.05) is 26.2 Å². The first-order valence-electron chi connectivity index (χ1n) is 9.51. The van der Waals surface area contributed by atoms with Crippen molar-refractivity contribution < 1.29 is 19.2 Å². The zero-order chi connectivity index (χ0) is 20.6. The van der Waals surface area contributed by atoms with E-state index in [-0.39, 0.29) is 23.3 Å². The number of nitrogens with one attached hydrogen (secondary N) is 1. The van der Waals surface area contributed by atoms with Gasteiger partial charge in [-0.1, -0.05) is 36.4 Å². The summed E-state index contributed by atoms with van der Waals surface area (Å²) in [6, 6.07) is 15.4. The van der Waals surface area contributed by atoms with Gasteiger partial charge in [-0.3, -0.25) is 19.7 Å². The molecule has 1 atom stereocenters. The third-order valence-corrected chi connectivity index (χ3v) is 4.76. The van der Waals surface area contributed by atoms with Crippen LogP contribution in [0.15, 0.2) is 54.6 Å². The number of hydrogen-bond donors (Lipinski definition) is 1. The highest BCUT2D eigenvalue weighted by Gasteiger charge is 2.24. The second-order valence-electron chi connectivity index (χ2n) is 6.78. The summed E-state index contributed by atoms with van der Waals surface area (Å²) in [6.45, 7) is 1.89. The first-order valence-corrected chi connectivity index (χ1v) is 9.51. The van der Waals surface area contributed by atoms with Crippen LogP contribution in [0.3, 0.4) is 0 Å². The van der Waals surface area contributed by atoms with Gasteiger partial charge in [0.05, 0.1) is 18.1 Å². The molecular weight excluding hydrogens is 374 g/mol. The smallest absolute Gasteiger partial charge is 0.270 e. The molecule has 1 aliphatic rings. The van der Waals surface area contributed by atoms with E-state index in [1.807, 2.05) is 30.3 Å². The topological polar surface area (TPSA) is 102 Å². The molecule has 0 spiro atoms. The van der Waals surface area contributed by atoms with Gasteiger partial charge in [0.1, 0.15) is 6.10 Å². The van der Waals surface area contributed by atoms with E-state index >= 15 is 0 Å². The Balaban J connectivity index is 1.43. The first-order chi connectivity index (χ1) is 14.0. The van der Waals surface area contributed by atoms with Crippen molar-refractivity contribution in [2.45, 2.75) is 18.9 Å². The summed E-state index contributed by atoms with van der Waals surface area (Å²) in [5.41, 5.74) is 1.15. The lowest BCUT2D eigenvalue weighted by Gasteiger charge is -2.33. The number of rotatable bonds is 7. The van der Waals surface area contributed by atoms with Crippen LogP contribution in [0.2, 0.25) is 0 Å². The zero-order valence-electron chi connectivity index (χ0n) is 16.0. The summed E-state index contributed by atoms with van der Waals surface area (Å²) < 4.78 is 5.78. The molecule has 8 nitrogen and oxygen atoms in total. The summed E-state index contributed by atoms with van der Waals surface area (Å²) in [5, 5.41) is 13.5. The third-order valence-electron chi connectivity index (χ3n) is 4.76. The summed E-state index contributed by atoms with van der Waals surface area (Å²) in [6.07, 6.45) is 0.686. The Morgan fingerprint density at radius 3 is 2.72 bits per heavy atom. The average Bonchev–Trinajstić information content (AvgIpc) is 2.77. The van der Waals surface area contributed by atoms with E-state index in [0.717, 1.165) is 5.56 Å². The standard InChI is InChI=1S/C21H23N3O5/c25-20(23-12-13-29-19(15-23)16-6-2-1-3-7-16)10-5-11-22-21(26)17-8-4-9-18(14-17)24(27)28/h1-4,6-9,14,19H,5,10-13,15H2,(H,22,26). The molecule has 1 saturated heterocycles. The van der Waals surface area contributed by atoms with Crippen molar-refractivity contribution in [3.63, 3.8) is 0 Å². The van der Waals surface area contributed by atoms with Crippen LogP contribution >= 0.6 is 0 Å². The maximum atomic E-state index is 12.5. The zero-order valence-corrected chi connectivity index (χ0v) is 16.0. The van der Waals surface area contributed by atoms with E-state index in [9.17, 15) is 19.7 Å². The lowest BCUT2D eigenvalue weighted by Crippen LogP contribution is -2.42. The lowest BCUT2D eigenvalue weighted by molar-refractivity contribution is -0.384. The minimum absolute atomic E-state index is 0.0267. The van der Waals surface area contributed by atoms with Crippen LogP contribution in [0.4, 0.5) is 5.69 Å². The molecule has 0 aliphatic carbocycles. The number of morpholine rings is 1. The molecule has 1 aliphatic heterocycles. The van der Waals surface area contributed by atoms with Crippen LogP contribution in [0.1, 0.15) is 34.9 Å². The molecule has 2 aromatic carbocycles. The van der Waals surface area contributed by atoms with Gasteiger partial charge in [0.25, 0.3) is 11.6 Å². The number of non-ortho nitro benzene ring substituents is 1. The Bertz CT molecular complexity index is 872. The maximum absolute atomic E-state index is 12.5. The van der Waals surface area contributed by atoms with Gasteiger partial charge in [0, 0.05) is 37.2 Å². The molecule has 1 unspecified atom stereocenters. The van der Waals surface area contributed by atoms with Crippen LogP contribution in [-0.2, 0) is 9.53 Å². The molecule has 152 valence electrons. The third kappa shape index (κ3) is 5.61. The number of ether oxygens (including phenoxy) is 1. The van der Waals surface area contributed by atoms with Crippen LogP contribution in [-0.4, -0.2) is 47.9 Å². The normalized spacial score (nSPS) is 16.3. The van der Waals surface area contributed by atoms with E-state index in [2.05, 4.69) is 5.32 Å². The van der Waals surface area contributed by atoms with Crippen molar-refractivity contribution in [1.29, 1.82) is 0 Å².